The van der Waals surface area contributed by atoms with Gasteiger partial charge in [-0.05, 0) is 56.5 Å². The van der Waals surface area contributed by atoms with E-state index in [4.69, 9.17) is 5.73 Å². The monoisotopic (exact) mass is 373 g/mol. The van der Waals surface area contributed by atoms with E-state index < -0.39 is 10.0 Å². The number of carbonyl (C=O) groups excluding carboxylic acids is 1. The van der Waals surface area contributed by atoms with Crippen LogP contribution in [0, 0.1) is 11.8 Å². The molecule has 8 heteroatoms. The highest BCUT2D eigenvalue weighted by atomic mass is 35.5. The molecule has 1 heterocycles. The van der Waals surface area contributed by atoms with Crippen LogP contribution in [0.25, 0.3) is 0 Å². The maximum Gasteiger partial charge on any atom is 0.240 e. The van der Waals surface area contributed by atoms with Crippen LogP contribution in [0.1, 0.15) is 24.8 Å². The topological polar surface area (TPSA) is 92.5 Å². The number of sulfonamides is 1. The number of nitrogens with two attached hydrogens (primary N) is 1. The molecule has 3 rings (SSSR count). The number of halogens is 1. The van der Waals surface area contributed by atoms with Gasteiger partial charge in [-0.25, -0.2) is 13.1 Å². The van der Waals surface area contributed by atoms with Crippen LogP contribution in [0.15, 0.2) is 23.1 Å². The van der Waals surface area contributed by atoms with Gasteiger partial charge in [0.25, 0.3) is 0 Å². The lowest BCUT2D eigenvalue weighted by Crippen LogP contribution is -2.38. The summed E-state index contributed by atoms with van der Waals surface area (Å²) in [6.07, 6.45) is 3.68. The molecule has 0 unspecified atom stereocenters. The maximum atomic E-state index is 12.9. The summed E-state index contributed by atoms with van der Waals surface area (Å²) in [6, 6.07) is 5.01. The van der Waals surface area contributed by atoms with Crippen molar-refractivity contribution < 1.29 is 13.2 Å². The summed E-state index contributed by atoms with van der Waals surface area (Å²) >= 11 is 0. The molecule has 24 heavy (non-hydrogen) atoms. The molecule has 0 radical (unpaired) electrons. The van der Waals surface area contributed by atoms with Crippen LogP contribution in [-0.4, -0.2) is 34.5 Å². The van der Waals surface area contributed by atoms with E-state index in [-0.39, 0.29) is 35.0 Å². The Morgan fingerprint density at radius 1 is 1.38 bits per heavy atom. The smallest absolute Gasteiger partial charge is 0.240 e. The van der Waals surface area contributed by atoms with E-state index in [0.717, 1.165) is 36.9 Å². The fraction of sp³-hybridized carbons (Fsp3) is 0.562. The highest BCUT2D eigenvalue weighted by molar-refractivity contribution is 7.89. The number of benzene rings is 1. The van der Waals surface area contributed by atoms with E-state index in [1.807, 2.05) is 6.07 Å². The Hall–Kier alpha value is -1.15. The van der Waals surface area contributed by atoms with Gasteiger partial charge in [-0.3, -0.25) is 4.79 Å². The fourth-order valence-corrected chi connectivity index (χ4v) is 4.47. The van der Waals surface area contributed by atoms with Gasteiger partial charge in [-0.2, -0.15) is 0 Å². The first kappa shape index (κ1) is 19.2. The number of carbonyl (C=O) groups is 1. The standard InChI is InChI=1S/C16H23N3O3S.ClH/c1-18-23(21,22)13-6-5-11-7-8-19(15(11)9-13)16(20)14-4-2-3-12(14)10-17;/h5-6,9,12,14,18H,2-4,7-8,10,17H2,1H3;1H/t12-,14-;/m1./s1. The van der Waals surface area contributed by atoms with Crippen molar-refractivity contribution in [1.29, 1.82) is 0 Å². The number of rotatable bonds is 4. The number of anilines is 1. The average Bonchev–Trinajstić information content (AvgIpc) is 3.20. The zero-order valence-electron chi connectivity index (χ0n) is 13.7. The van der Waals surface area contributed by atoms with Crippen LogP contribution in [0.3, 0.4) is 0 Å². The van der Waals surface area contributed by atoms with Crippen molar-refractivity contribution in [3.8, 4) is 0 Å². The minimum Gasteiger partial charge on any atom is -0.330 e. The van der Waals surface area contributed by atoms with Gasteiger partial charge in [0.05, 0.1) is 4.90 Å². The van der Waals surface area contributed by atoms with E-state index in [0.29, 0.717) is 13.1 Å². The molecule has 3 N–H and O–H groups in total. The third kappa shape index (κ3) is 3.31. The maximum absolute atomic E-state index is 12.9. The lowest BCUT2D eigenvalue weighted by atomic mass is 9.94. The second kappa shape index (κ2) is 7.39. The molecule has 2 aliphatic rings. The van der Waals surface area contributed by atoms with Crippen molar-refractivity contribution in [2.24, 2.45) is 17.6 Å². The van der Waals surface area contributed by atoms with Crippen LogP contribution < -0.4 is 15.4 Å². The summed E-state index contributed by atoms with van der Waals surface area (Å²) in [5.41, 5.74) is 7.55. The second-order valence-electron chi connectivity index (χ2n) is 6.27. The molecule has 1 aliphatic heterocycles. The van der Waals surface area contributed by atoms with Gasteiger partial charge in [0.15, 0.2) is 0 Å². The van der Waals surface area contributed by atoms with Crippen LogP contribution in [0.2, 0.25) is 0 Å². The first-order valence-electron chi connectivity index (χ1n) is 8.06. The summed E-state index contributed by atoms with van der Waals surface area (Å²) in [5, 5.41) is 0. The summed E-state index contributed by atoms with van der Waals surface area (Å²) in [6.45, 7) is 1.15. The molecule has 0 aromatic heterocycles. The molecule has 1 aromatic carbocycles. The summed E-state index contributed by atoms with van der Waals surface area (Å²) < 4.78 is 26.3. The fourth-order valence-electron chi connectivity index (χ4n) is 3.72. The third-order valence-electron chi connectivity index (χ3n) is 5.08. The summed E-state index contributed by atoms with van der Waals surface area (Å²) in [4.78, 5) is 14.9. The van der Waals surface area contributed by atoms with Gasteiger partial charge in [-0.15, -0.1) is 12.4 Å². The highest BCUT2D eigenvalue weighted by Gasteiger charge is 2.37. The van der Waals surface area contributed by atoms with Crippen molar-refractivity contribution >= 4 is 34.0 Å². The molecule has 1 amide bonds. The average molecular weight is 374 g/mol. The van der Waals surface area contributed by atoms with E-state index in [1.54, 1.807) is 17.0 Å². The van der Waals surface area contributed by atoms with Crippen LogP contribution >= 0.6 is 12.4 Å². The molecule has 0 saturated heterocycles. The Morgan fingerprint density at radius 3 is 2.79 bits per heavy atom. The summed E-state index contributed by atoms with van der Waals surface area (Å²) in [7, 11) is -2.13. The van der Waals surface area contributed by atoms with Crippen LogP contribution in [-0.2, 0) is 21.2 Å². The number of hydrogen-bond donors (Lipinski definition) is 2. The molecule has 6 nitrogen and oxygen atoms in total. The predicted molar refractivity (Wildman–Crippen MR) is 95.9 cm³/mol. The lowest BCUT2D eigenvalue weighted by molar-refractivity contribution is -0.123. The minimum atomic E-state index is -3.51. The molecule has 1 aromatic rings. The predicted octanol–water partition coefficient (Wildman–Crippen LogP) is 1.28. The van der Waals surface area contributed by atoms with Gasteiger partial charge in [0.1, 0.15) is 0 Å². The SMILES string of the molecule is CNS(=O)(=O)c1ccc2c(c1)N(C(=O)[C@@H]1CCC[C@@H]1CN)CC2.Cl. The zero-order chi connectivity index (χ0) is 16.6. The molecule has 0 bridgehead atoms. The first-order chi connectivity index (χ1) is 11.0. The van der Waals surface area contributed by atoms with Gasteiger partial charge in [-0.1, -0.05) is 12.5 Å². The number of hydrogen-bond acceptors (Lipinski definition) is 4. The molecule has 1 saturated carbocycles. The Kier molecular flexibility index (Phi) is 5.91. The normalized spacial score (nSPS) is 23.0. The highest BCUT2D eigenvalue weighted by Crippen LogP contribution is 2.37. The van der Waals surface area contributed by atoms with Gasteiger partial charge in [0.2, 0.25) is 15.9 Å². The molecular weight excluding hydrogens is 350 g/mol. The first-order valence-corrected chi connectivity index (χ1v) is 9.54. The van der Waals surface area contributed by atoms with Gasteiger partial charge < -0.3 is 10.6 Å². The Bertz CT molecular complexity index is 723. The Balaban J connectivity index is 0.00000208. The second-order valence-corrected chi connectivity index (χ2v) is 8.16. The Labute approximate surface area is 149 Å². The van der Waals surface area contributed by atoms with Gasteiger partial charge >= 0.3 is 0 Å². The minimum absolute atomic E-state index is 0. The number of fused-ring (bicyclic) bond motifs is 1. The number of nitrogens with zero attached hydrogens (tertiary/aromatic N) is 1. The molecule has 134 valence electrons. The van der Waals surface area contributed by atoms with E-state index >= 15 is 0 Å². The van der Waals surface area contributed by atoms with Crippen LogP contribution in [0.4, 0.5) is 5.69 Å². The van der Waals surface area contributed by atoms with E-state index in [2.05, 4.69) is 4.72 Å². The quantitative estimate of drug-likeness (QED) is 0.831. The Morgan fingerprint density at radius 2 is 2.12 bits per heavy atom. The molecule has 1 aliphatic carbocycles. The number of nitrogens with one attached hydrogen (secondary N) is 1. The third-order valence-corrected chi connectivity index (χ3v) is 6.49. The van der Waals surface area contributed by atoms with E-state index in [1.165, 1.54) is 7.05 Å². The largest absolute Gasteiger partial charge is 0.330 e. The molecule has 1 fully saturated rings. The van der Waals surface area contributed by atoms with E-state index in [9.17, 15) is 13.2 Å². The molecule has 2 atom stereocenters. The van der Waals surface area contributed by atoms with Crippen molar-refractivity contribution in [2.75, 3.05) is 25.0 Å². The van der Waals surface area contributed by atoms with Crippen LogP contribution in [0.5, 0.6) is 0 Å². The lowest BCUT2D eigenvalue weighted by Gasteiger charge is -2.25. The molecule has 0 spiro atoms. The number of amides is 1. The van der Waals surface area contributed by atoms with Crippen molar-refractivity contribution in [1.82, 2.24) is 4.72 Å². The van der Waals surface area contributed by atoms with Crippen molar-refractivity contribution in [3.05, 3.63) is 23.8 Å². The zero-order valence-corrected chi connectivity index (χ0v) is 15.3. The van der Waals surface area contributed by atoms with Crippen molar-refractivity contribution in [3.63, 3.8) is 0 Å². The molecular formula is C16H24ClN3O3S. The summed E-state index contributed by atoms with van der Waals surface area (Å²) in [5.74, 6) is 0.307. The van der Waals surface area contributed by atoms with Gasteiger partial charge in [0, 0.05) is 18.2 Å². The van der Waals surface area contributed by atoms with Crippen molar-refractivity contribution in [2.45, 2.75) is 30.6 Å².